The number of esters is 2. The largest absolute Gasteiger partial charge is 0.453 e. The maximum absolute atomic E-state index is 11.1. The highest BCUT2D eigenvalue weighted by Gasteiger charge is 2.21. The van der Waals surface area contributed by atoms with Gasteiger partial charge in [-0.2, -0.15) is 0 Å². The summed E-state index contributed by atoms with van der Waals surface area (Å²) in [6.07, 6.45) is 8.40. The molecule has 1 aliphatic rings. The molecule has 0 aromatic carbocycles. The van der Waals surface area contributed by atoms with Crippen molar-refractivity contribution in [3.8, 4) is 24.2 Å². The lowest BCUT2D eigenvalue weighted by atomic mass is 9.89. The van der Waals surface area contributed by atoms with Gasteiger partial charge in [0.2, 0.25) is 0 Å². The van der Waals surface area contributed by atoms with Crippen molar-refractivity contribution in [3.05, 3.63) is 11.1 Å². The number of carbonyl (C=O) groups is 2. The summed E-state index contributed by atoms with van der Waals surface area (Å²) in [5.41, 5.74) is 1.79. The van der Waals surface area contributed by atoms with Gasteiger partial charge in [0.05, 0.1) is 0 Å². The molecule has 106 valence electrons. The predicted octanol–water partition coefficient (Wildman–Crippen LogP) is 1.99. The molecule has 0 N–H and O–H groups in total. The van der Waals surface area contributed by atoms with E-state index in [1.54, 1.807) is 0 Å². The summed E-state index contributed by atoms with van der Waals surface area (Å²) in [5, 5.41) is 0. The van der Waals surface area contributed by atoms with E-state index in [2.05, 4.69) is 17.8 Å². The van der Waals surface area contributed by atoms with E-state index in [1.165, 1.54) is 13.8 Å². The second kappa shape index (κ2) is 8.07. The Balaban J connectivity index is 2.87. The van der Waals surface area contributed by atoms with Crippen LogP contribution in [0.5, 0.6) is 0 Å². The number of ether oxygens (including phenoxy) is 2. The highest BCUT2D eigenvalue weighted by Crippen LogP contribution is 2.28. The van der Waals surface area contributed by atoms with Crippen LogP contribution in [0.3, 0.4) is 0 Å². The molecule has 0 saturated carbocycles. The van der Waals surface area contributed by atoms with Gasteiger partial charge in [0, 0.05) is 19.4 Å². The Morgan fingerprint density at radius 3 is 2.55 bits per heavy atom. The van der Waals surface area contributed by atoms with Crippen LogP contribution >= 0.6 is 0 Å². The van der Waals surface area contributed by atoms with Crippen molar-refractivity contribution >= 4 is 11.9 Å². The molecule has 0 aliphatic heterocycles. The van der Waals surface area contributed by atoms with Crippen molar-refractivity contribution < 1.29 is 19.1 Å². The van der Waals surface area contributed by atoms with Gasteiger partial charge < -0.3 is 9.47 Å². The van der Waals surface area contributed by atoms with Crippen LogP contribution in [0, 0.1) is 24.2 Å². The molecule has 0 spiro atoms. The fourth-order valence-electron chi connectivity index (χ4n) is 2.01. The number of carbonyl (C=O) groups excluding carboxylic acids is 2. The Morgan fingerprint density at radius 2 is 1.95 bits per heavy atom. The summed E-state index contributed by atoms with van der Waals surface area (Å²) < 4.78 is 9.89. The number of allylic oxidation sites excluding steroid dienone is 1. The Morgan fingerprint density at radius 1 is 1.25 bits per heavy atom. The van der Waals surface area contributed by atoms with Gasteiger partial charge >= 0.3 is 11.9 Å². The van der Waals surface area contributed by atoms with E-state index in [9.17, 15) is 9.59 Å². The molecule has 1 unspecified atom stereocenters. The highest BCUT2D eigenvalue weighted by molar-refractivity contribution is 5.67. The van der Waals surface area contributed by atoms with Gasteiger partial charge in [-0.05, 0) is 31.3 Å². The first-order valence-corrected chi connectivity index (χ1v) is 6.52. The molecule has 0 amide bonds. The first kappa shape index (κ1) is 15.9. The van der Waals surface area contributed by atoms with E-state index < -0.39 is 12.1 Å². The quantitative estimate of drug-likeness (QED) is 0.583. The number of hydrogen-bond acceptors (Lipinski definition) is 4. The minimum absolute atomic E-state index is 0.0560. The lowest BCUT2D eigenvalue weighted by molar-refractivity contribution is -0.142. The molecule has 0 bridgehead atoms. The molecule has 1 aliphatic carbocycles. The van der Waals surface area contributed by atoms with Crippen LogP contribution < -0.4 is 0 Å². The number of terminal acetylenes is 1. The third-order valence-electron chi connectivity index (χ3n) is 2.85. The Labute approximate surface area is 119 Å². The molecule has 0 aromatic heterocycles. The van der Waals surface area contributed by atoms with Crippen LogP contribution in [-0.2, 0) is 19.1 Å². The van der Waals surface area contributed by atoms with Crippen LogP contribution in [0.1, 0.15) is 39.5 Å². The summed E-state index contributed by atoms with van der Waals surface area (Å²) in [6.45, 7) is 2.72. The molecule has 1 atom stereocenters. The maximum atomic E-state index is 11.1. The van der Waals surface area contributed by atoms with E-state index in [0.717, 1.165) is 36.8 Å². The predicted molar refractivity (Wildman–Crippen MR) is 74.3 cm³/mol. The van der Waals surface area contributed by atoms with Gasteiger partial charge in [0.15, 0.2) is 12.7 Å². The average Bonchev–Trinajstić information content (AvgIpc) is 2.41. The molecule has 4 nitrogen and oxygen atoms in total. The molecular weight excluding hydrogens is 256 g/mol. The van der Waals surface area contributed by atoms with Gasteiger partial charge in [-0.3, -0.25) is 9.59 Å². The van der Waals surface area contributed by atoms with Crippen molar-refractivity contribution in [2.24, 2.45) is 0 Å². The normalized spacial score (nSPS) is 15.4. The van der Waals surface area contributed by atoms with E-state index >= 15 is 0 Å². The van der Waals surface area contributed by atoms with Crippen LogP contribution in [0.4, 0.5) is 0 Å². The number of hydrogen-bond donors (Lipinski definition) is 0. The lowest BCUT2D eigenvalue weighted by Crippen LogP contribution is -2.20. The summed E-state index contributed by atoms with van der Waals surface area (Å²) in [6, 6.07) is 0. The molecule has 0 radical (unpaired) electrons. The van der Waals surface area contributed by atoms with E-state index in [4.69, 9.17) is 15.9 Å². The summed E-state index contributed by atoms with van der Waals surface area (Å²) in [4.78, 5) is 21.7. The van der Waals surface area contributed by atoms with Gasteiger partial charge in [-0.25, -0.2) is 0 Å². The summed E-state index contributed by atoms with van der Waals surface area (Å²) in [5.74, 6) is 7.49. The first-order valence-electron chi connectivity index (χ1n) is 6.52. The molecule has 1 rings (SSSR count). The zero-order chi connectivity index (χ0) is 15.0. The zero-order valence-electron chi connectivity index (χ0n) is 11.8. The fraction of sp³-hybridized carbons (Fsp3) is 0.500. The second-order valence-corrected chi connectivity index (χ2v) is 4.45. The van der Waals surface area contributed by atoms with Gasteiger partial charge in [-0.15, -0.1) is 6.42 Å². The summed E-state index contributed by atoms with van der Waals surface area (Å²) >= 11 is 0. The fourth-order valence-corrected chi connectivity index (χ4v) is 2.01. The molecule has 0 aromatic rings. The Bertz CT molecular complexity index is 511. The van der Waals surface area contributed by atoms with Gasteiger partial charge in [0.1, 0.15) is 0 Å². The molecule has 4 heteroatoms. The molecule has 0 heterocycles. The monoisotopic (exact) mass is 274 g/mol. The number of rotatable bonds is 3. The van der Waals surface area contributed by atoms with Crippen molar-refractivity contribution in [2.75, 3.05) is 6.61 Å². The van der Waals surface area contributed by atoms with Crippen LogP contribution in [0.25, 0.3) is 0 Å². The maximum Gasteiger partial charge on any atom is 0.304 e. The van der Waals surface area contributed by atoms with Crippen molar-refractivity contribution in [1.82, 2.24) is 0 Å². The van der Waals surface area contributed by atoms with Gasteiger partial charge in [0.25, 0.3) is 0 Å². The molecule has 20 heavy (non-hydrogen) atoms. The SMILES string of the molecule is C#CC(OC(C)=O)C1=C(C#CCOC(C)=O)CCCC1. The Hall–Kier alpha value is -2.20. The summed E-state index contributed by atoms with van der Waals surface area (Å²) in [7, 11) is 0. The third-order valence-corrected chi connectivity index (χ3v) is 2.85. The molecular formula is C16H18O4. The standard InChI is InChI=1S/C16H18O4/c1-4-16(20-13(3)18)15-10-6-5-8-14(15)9-7-11-19-12(2)17/h1,16H,5-6,8,10-11H2,2-3H3. The third kappa shape index (κ3) is 5.20. The highest BCUT2D eigenvalue weighted by atomic mass is 16.5. The smallest absolute Gasteiger partial charge is 0.304 e. The van der Waals surface area contributed by atoms with E-state index in [-0.39, 0.29) is 12.6 Å². The topological polar surface area (TPSA) is 52.6 Å². The van der Waals surface area contributed by atoms with Crippen molar-refractivity contribution in [2.45, 2.75) is 45.6 Å². The Kier molecular flexibility index (Phi) is 6.40. The van der Waals surface area contributed by atoms with Crippen molar-refractivity contribution in [1.29, 1.82) is 0 Å². The van der Waals surface area contributed by atoms with E-state index in [1.807, 2.05) is 0 Å². The van der Waals surface area contributed by atoms with Gasteiger partial charge in [-0.1, -0.05) is 17.8 Å². The zero-order valence-corrected chi connectivity index (χ0v) is 11.8. The van der Waals surface area contributed by atoms with Crippen LogP contribution in [-0.4, -0.2) is 24.6 Å². The average molecular weight is 274 g/mol. The lowest BCUT2D eigenvalue weighted by Gasteiger charge is -2.21. The minimum Gasteiger partial charge on any atom is -0.453 e. The van der Waals surface area contributed by atoms with Crippen LogP contribution in [0.2, 0.25) is 0 Å². The first-order chi connectivity index (χ1) is 9.54. The van der Waals surface area contributed by atoms with Crippen LogP contribution in [0.15, 0.2) is 11.1 Å². The second-order valence-electron chi connectivity index (χ2n) is 4.45. The van der Waals surface area contributed by atoms with Crippen molar-refractivity contribution in [3.63, 3.8) is 0 Å². The molecule has 0 fully saturated rings. The minimum atomic E-state index is -0.647. The van der Waals surface area contributed by atoms with E-state index in [0.29, 0.717) is 0 Å². The molecule has 0 saturated heterocycles.